The fourth-order valence-corrected chi connectivity index (χ4v) is 5.57. The van der Waals surface area contributed by atoms with Crippen LogP contribution in [0.2, 0.25) is 0 Å². The molecule has 35 heavy (non-hydrogen) atoms. The average molecular weight is 505 g/mol. The summed E-state index contributed by atoms with van der Waals surface area (Å²) in [6, 6.07) is 9.15. The number of aliphatic hydroxyl groups is 2. The number of nitrogens with zero attached hydrogens (tertiary/aromatic N) is 6. The quantitative estimate of drug-likeness (QED) is 0.364. The van der Waals surface area contributed by atoms with Crippen molar-refractivity contribution in [1.29, 1.82) is 0 Å². The molecule has 1 aliphatic rings. The highest BCUT2D eigenvalue weighted by Gasteiger charge is 2.23. The highest BCUT2D eigenvalue weighted by atomic mass is 32.2. The van der Waals surface area contributed by atoms with Crippen LogP contribution in [0, 0.1) is 0 Å². The van der Waals surface area contributed by atoms with Crippen molar-refractivity contribution in [3.05, 3.63) is 57.5 Å². The van der Waals surface area contributed by atoms with Crippen molar-refractivity contribution in [3.8, 4) is 0 Å². The highest BCUT2D eigenvalue weighted by Crippen LogP contribution is 2.11. The Bertz CT molecular complexity index is 1300. The molecule has 0 bridgehead atoms. The van der Waals surface area contributed by atoms with Gasteiger partial charge in [-0.3, -0.25) is 27.9 Å². The molecule has 3 unspecified atom stereocenters. The number of benzene rings is 1. The molecule has 190 valence electrons. The maximum atomic E-state index is 12.6. The first-order valence-corrected chi connectivity index (χ1v) is 12.9. The summed E-state index contributed by atoms with van der Waals surface area (Å²) >= 11 is 0. The van der Waals surface area contributed by atoms with Crippen LogP contribution in [0.5, 0.6) is 0 Å². The molecule has 1 aliphatic heterocycles. The molecule has 1 fully saturated rings. The van der Waals surface area contributed by atoms with Crippen molar-refractivity contribution in [2.75, 3.05) is 45.0 Å². The van der Waals surface area contributed by atoms with Crippen LogP contribution in [0.15, 0.2) is 51.1 Å². The third-order valence-corrected chi connectivity index (χ3v) is 7.86. The van der Waals surface area contributed by atoms with Crippen LogP contribution < -0.4 is 11.2 Å². The summed E-state index contributed by atoms with van der Waals surface area (Å²) in [7, 11) is 1.75. The summed E-state index contributed by atoms with van der Waals surface area (Å²) in [5.41, 5.74) is -0.290. The lowest BCUT2D eigenvalue weighted by atomic mass is 10.2. The van der Waals surface area contributed by atoms with Gasteiger partial charge in [0, 0.05) is 58.3 Å². The fourth-order valence-electron chi connectivity index (χ4n) is 4.47. The lowest BCUT2D eigenvalue weighted by Crippen LogP contribution is -2.51. The van der Waals surface area contributed by atoms with E-state index in [0.717, 1.165) is 35.6 Å². The van der Waals surface area contributed by atoms with E-state index in [1.54, 1.807) is 23.7 Å². The highest BCUT2D eigenvalue weighted by molar-refractivity contribution is 7.85. The second-order valence-corrected chi connectivity index (χ2v) is 10.5. The lowest BCUT2D eigenvalue weighted by molar-refractivity contribution is 0.0488. The van der Waals surface area contributed by atoms with E-state index in [-0.39, 0.29) is 12.3 Å². The Hall–Kier alpha value is -2.64. The predicted molar refractivity (Wildman–Crippen MR) is 133 cm³/mol. The number of piperazine rings is 1. The monoisotopic (exact) mass is 504 g/mol. The fraction of sp³-hybridized carbons (Fsp3) is 0.522. The number of hydrogen-bond acceptors (Lipinski definition) is 8. The van der Waals surface area contributed by atoms with Crippen molar-refractivity contribution < 1.29 is 14.4 Å². The maximum absolute atomic E-state index is 12.6. The van der Waals surface area contributed by atoms with Crippen molar-refractivity contribution >= 4 is 22.0 Å². The van der Waals surface area contributed by atoms with Gasteiger partial charge in [0.2, 0.25) is 0 Å². The lowest BCUT2D eigenvalue weighted by Gasteiger charge is -2.36. The zero-order valence-electron chi connectivity index (χ0n) is 20.0. The Balaban J connectivity index is 1.27. The number of aryl methyl sites for hydroxylation is 1. The van der Waals surface area contributed by atoms with E-state index < -0.39 is 34.3 Å². The normalized spacial score (nSPS) is 18.1. The minimum atomic E-state index is -1.24. The van der Waals surface area contributed by atoms with Gasteiger partial charge >= 0.3 is 5.69 Å². The molecule has 4 rings (SSSR count). The second kappa shape index (κ2) is 11.0. The van der Waals surface area contributed by atoms with Crippen molar-refractivity contribution in [3.63, 3.8) is 0 Å². The number of β-amino-alcohol motifs (C(OH)–C–C–N with tert-alkyl or cyclic N) is 2. The summed E-state index contributed by atoms with van der Waals surface area (Å²) in [4.78, 5) is 33.9. The van der Waals surface area contributed by atoms with E-state index in [0.29, 0.717) is 24.3 Å². The molecule has 1 saturated heterocycles. The van der Waals surface area contributed by atoms with Crippen LogP contribution >= 0.6 is 0 Å². The van der Waals surface area contributed by atoms with Crippen LogP contribution in [-0.2, 0) is 31.4 Å². The molecule has 0 saturated carbocycles. The molecule has 3 aromatic rings. The van der Waals surface area contributed by atoms with E-state index >= 15 is 0 Å². The summed E-state index contributed by atoms with van der Waals surface area (Å²) in [6.45, 7) is 4.00. The molecule has 0 spiro atoms. The first-order chi connectivity index (χ1) is 16.7. The number of fused-ring (bicyclic) bond motifs is 1. The van der Waals surface area contributed by atoms with Gasteiger partial charge in [0.05, 0.1) is 41.6 Å². The predicted octanol–water partition coefficient (Wildman–Crippen LogP) is -1.42. The molecule has 11 nitrogen and oxygen atoms in total. The Labute approximate surface area is 205 Å². The van der Waals surface area contributed by atoms with Crippen molar-refractivity contribution in [2.24, 2.45) is 14.1 Å². The van der Waals surface area contributed by atoms with Crippen molar-refractivity contribution in [2.45, 2.75) is 23.6 Å². The van der Waals surface area contributed by atoms with E-state index in [9.17, 15) is 24.0 Å². The third kappa shape index (κ3) is 5.78. The first-order valence-electron chi connectivity index (χ1n) is 11.6. The third-order valence-electron chi connectivity index (χ3n) is 6.38. The molecule has 2 N–H and O–H groups in total. The summed E-state index contributed by atoms with van der Waals surface area (Å²) < 4.78 is 16.4. The SMILES string of the molecule is Cn1c(=O)c2c(ncn2CC(O)CN2CCN(CC(O)CS(=O)c3ccccc3)CC2)n(C)c1=O. The van der Waals surface area contributed by atoms with Gasteiger partial charge in [-0.25, -0.2) is 9.78 Å². The van der Waals surface area contributed by atoms with E-state index in [1.165, 1.54) is 17.9 Å². The van der Waals surface area contributed by atoms with Crippen molar-refractivity contribution in [1.82, 2.24) is 28.5 Å². The van der Waals surface area contributed by atoms with Crippen LogP contribution in [0.25, 0.3) is 11.2 Å². The summed E-state index contributed by atoms with van der Waals surface area (Å²) in [5, 5.41) is 21.1. The minimum absolute atomic E-state index is 0.189. The number of aromatic nitrogens is 4. The number of rotatable bonds is 9. The van der Waals surface area contributed by atoms with E-state index in [4.69, 9.17) is 0 Å². The molecule has 3 heterocycles. The maximum Gasteiger partial charge on any atom is 0.332 e. The zero-order chi connectivity index (χ0) is 25.1. The Morgan fingerprint density at radius 2 is 1.51 bits per heavy atom. The molecular formula is C23H32N6O5S. The van der Waals surface area contributed by atoms with E-state index in [2.05, 4.69) is 14.8 Å². The smallest absolute Gasteiger partial charge is 0.332 e. The Morgan fingerprint density at radius 1 is 0.914 bits per heavy atom. The van der Waals surface area contributed by atoms with Crippen LogP contribution in [0.3, 0.4) is 0 Å². The minimum Gasteiger partial charge on any atom is -0.391 e. The van der Waals surface area contributed by atoms with Gasteiger partial charge < -0.3 is 14.8 Å². The summed E-state index contributed by atoms with van der Waals surface area (Å²) in [6.07, 6.45) is 0.0778. The topological polar surface area (TPSA) is 126 Å². The Morgan fingerprint density at radius 3 is 2.14 bits per heavy atom. The standard InChI is InChI=1S/C23H32N6O5S/c1-25-21-20(22(32)26(2)23(25)33)29(16-24-21)14-17(30)12-27-8-10-28(11-9-27)13-18(31)15-35(34)19-6-4-3-5-7-19/h3-7,16-18,30-31H,8-15H2,1-2H3. The number of imidazole rings is 1. The van der Waals surface area contributed by atoms with E-state index in [1.807, 2.05) is 18.2 Å². The molecule has 3 atom stereocenters. The van der Waals surface area contributed by atoms with Gasteiger partial charge in [-0.2, -0.15) is 0 Å². The van der Waals surface area contributed by atoms with Gasteiger partial charge in [-0.15, -0.1) is 0 Å². The first kappa shape index (κ1) is 25.5. The number of aliphatic hydroxyl groups excluding tert-OH is 2. The molecule has 0 amide bonds. The van der Waals surface area contributed by atoms with Gasteiger partial charge in [-0.05, 0) is 12.1 Å². The van der Waals surface area contributed by atoms with Gasteiger partial charge in [0.15, 0.2) is 11.2 Å². The van der Waals surface area contributed by atoms with Crippen LogP contribution in [0.1, 0.15) is 0 Å². The molecule has 0 aliphatic carbocycles. The largest absolute Gasteiger partial charge is 0.391 e. The molecule has 12 heteroatoms. The second-order valence-electron chi connectivity index (χ2n) is 9.01. The van der Waals surface area contributed by atoms with Crippen LogP contribution in [0.4, 0.5) is 0 Å². The zero-order valence-corrected chi connectivity index (χ0v) is 20.8. The molecule has 0 radical (unpaired) electrons. The molecular weight excluding hydrogens is 472 g/mol. The number of hydrogen-bond donors (Lipinski definition) is 2. The average Bonchev–Trinajstić information content (AvgIpc) is 3.26. The van der Waals surface area contributed by atoms with Gasteiger partial charge in [0.1, 0.15) is 0 Å². The van der Waals surface area contributed by atoms with Gasteiger partial charge in [0.25, 0.3) is 5.56 Å². The molecule has 1 aromatic carbocycles. The summed E-state index contributed by atoms with van der Waals surface area (Å²) in [5.74, 6) is 0.201. The van der Waals surface area contributed by atoms with Crippen LogP contribution in [-0.4, -0.2) is 100 Å². The Kier molecular flexibility index (Phi) is 7.97. The van der Waals surface area contributed by atoms with Gasteiger partial charge in [-0.1, -0.05) is 18.2 Å². The molecule has 2 aromatic heterocycles.